The van der Waals surface area contributed by atoms with Crippen molar-refractivity contribution in [2.24, 2.45) is 11.7 Å². The Morgan fingerprint density at radius 1 is 1.00 bits per heavy atom. The Morgan fingerprint density at radius 3 is 2.12 bits per heavy atom. The van der Waals surface area contributed by atoms with Gasteiger partial charge in [-0.2, -0.15) is 0 Å². The van der Waals surface area contributed by atoms with Crippen LogP contribution in [0.15, 0.2) is 0 Å². The highest BCUT2D eigenvalue weighted by Crippen LogP contribution is 2.33. The van der Waals surface area contributed by atoms with E-state index in [0.717, 1.165) is 18.5 Å². The van der Waals surface area contributed by atoms with Gasteiger partial charge in [0.15, 0.2) is 0 Å². The molecule has 0 aromatic rings. The van der Waals surface area contributed by atoms with Crippen molar-refractivity contribution in [2.75, 3.05) is 32.7 Å². The highest BCUT2D eigenvalue weighted by Gasteiger charge is 2.35. The second-order valence-electron chi connectivity index (χ2n) is 5.80. The maximum atomic E-state index is 5.97. The van der Waals surface area contributed by atoms with Gasteiger partial charge in [0.1, 0.15) is 0 Å². The first kappa shape index (κ1) is 11.0. The Hall–Kier alpha value is -0.120. The van der Waals surface area contributed by atoms with E-state index in [9.17, 15) is 0 Å². The molecule has 3 fully saturated rings. The number of hydrogen-bond donors (Lipinski definition) is 1. The second-order valence-corrected chi connectivity index (χ2v) is 5.80. The van der Waals surface area contributed by atoms with Gasteiger partial charge in [-0.3, -0.25) is 9.80 Å². The van der Waals surface area contributed by atoms with Crippen LogP contribution >= 0.6 is 0 Å². The number of piperazine rings is 1. The Labute approximate surface area is 99.0 Å². The molecule has 2 saturated carbocycles. The lowest BCUT2D eigenvalue weighted by molar-refractivity contribution is 0.0474. The largest absolute Gasteiger partial charge is 0.329 e. The van der Waals surface area contributed by atoms with Crippen LogP contribution in [0.4, 0.5) is 0 Å². The predicted molar refractivity (Wildman–Crippen MR) is 66.4 cm³/mol. The van der Waals surface area contributed by atoms with Gasteiger partial charge in [-0.15, -0.1) is 0 Å². The SMILES string of the molecule is NCC(C1CCC1)N1CCN(C2CC2)CC1. The molecule has 1 aliphatic heterocycles. The quantitative estimate of drug-likeness (QED) is 0.768. The van der Waals surface area contributed by atoms with Gasteiger partial charge in [0, 0.05) is 44.8 Å². The summed E-state index contributed by atoms with van der Waals surface area (Å²) in [5.74, 6) is 0.914. The Balaban J connectivity index is 1.50. The van der Waals surface area contributed by atoms with Gasteiger partial charge < -0.3 is 5.73 Å². The zero-order chi connectivity index (χ0) is 11.0. The van der Waals surface area contributed by atoms with E-state index >= 15 is 0 Å². The van der Waals surface area contributed by atoms with Crippen molar-refractivity contribution in [3.63, 3.8) is 0 Å². The zero-order valence-corrected chi connectivity index (χ0v) is 10.3. The van der Waals surface area contributed by atoms with Crippen molar-refractivity contribution < 1.29 is 0 Å². The molecule has 1 atom stereocenters. The molecule has 2 N–H and O–H groups in total. The molecule has 92 valence electrons. The fourth-order valence-electron chi connectivity index (χ4n) is 3.34. The summed E-state index contributed by atoms with van der Waals surface area (Å²) in [5, 5.41) is 0. The molecule has 3 nitrogen and oxygen atoms in total. The van der Waals surface area contributed by atoms with E-state index in [1.807, 2.05) is 0 Å². The van der Waals surface area contributed by atoms with Crippen LogP contribution in [-0.4, -0.2) is 54.6 Å². The van der Waals surface area contributed by atoms with Gasteiger partial charge in [0.2, 0.25) is 0 Å². The molecule has 16 heavy (non-hydrogen) atoms. The first-order valence-corrected chi connectivity index (χ1v) is 7.06. The van der Waals surface area contributed by atoms with E-state index in [4.69, 9.17) is 5.73 Å². The lowest BCUT2D eigenvalue weighted by Crippen LogP contribution is -2.55. The standard InChI is InChI=1S/C13H25N3/c14-10-13(11-2-1-3-11)16-8-6-15(7-9-16)12-4-5-12/h11-13H,1-10,14H2. The third kappa shape index (κ3) is 2.13. The topological polar surface area (TPSA) is 32.5 Å². The molecule has 1 saturated heterocycles. The summed E-state index contributed by atoms with van der Waals surface area (Å²) in [6.07, 6.45) is 7.17. The molecule has 0 spiro atoms. The van der Waals surface area contributed by atoms with E-state index in [2.05, 4.69) is 9.80 Å². The first-order valence-electron chi connectivity index (χ1n) is 7.06. The van der Waals surface area contributed by atoms with Gasteiger partial charge in [0.25, 0.3) is 0 Å². The van der Waals surface area contributed by atoms with Crippen LogP contribution in [0.5, 0.6) is 0 Å². The molecule has 1 unspecified atom stereocenters. The van der Waals surface area contributed by atoms with Gasteiger partial charge in [-0.05, 0) is 31.6 Å². The van der Waals surface area contributed by atoms with Crippen molar-refractivity contribution in [3.05, 3.63) is 0 Å². The molecule has 0 aromatic carbocycles. The van der Waals surface area contributed by atoms with Crippen molar-refractivity contribution in [3.8, 4) is 0 Å². The van der Waals surface area contributed by atoms with Crippen LogP contribution < -0.4 is 5.73 Å². The fourth-order valence-corrected chi connectivity index (χ4v) is 3.34. The van der Waals surface area contributed by atoms with Gasteiger partial charge >= 0.3 is 0 Å². The van der Waals surface area contributed by atoms with Gasteiger partial charge in [-0.25, -0.2) is 0 Å². The maximum absolute atomic E-state index is 5.97. The highest BCUT2D eigenvalue weighted by atomic mass is 15.3. The minimum atomic E-state index is 0.690. The molecular formula is C13H25N3. The molecule has 2 aliphatic carbocycles. The molecule has 1 heterocycles. The van der Waals surface area contributed by atoms with E-state index < -0.39 is 0 Å². The van der Waals surface area contributed by atoms with Crippen LogP contribution in [0.25, 0.3) is 0 Å². The van der Waals surface area contributed by atoms with Crippen LogP contribution in [0.2, 0.25) is 0 Å². The lowest BCUT2D eigenvalue weighted by Gasteiger charge is -2.44. The van der Waals surface area contributed by atoms with Crippen molar-refractivity contribution in [1.82, 2.24) is 9.80 Å². The second kappa shape index (κ2) is 4.63. The van der Waals surface area contributed by atoms with Crippen molar-refractivity contribution in [1.29, 1.82) is 0 Å². The fraction of sp³-hybridized carbons (Fsp3) is 1.00. The minimum Gasteiger partial charge on any atom is -0.329 e. The number of nitrogens with zero attached hydrogens (tertiary/aromatic N) is 2. The molecular weight excluding hydrogens is 198 g/mol. The average Bonchev–Trinajstić information content (AvgIpc) is 3.07. The van der Waals surface area contributed by atoms with Crippen LogP contribution in [0, 0.1) is 5.92 Å². The average molecular weight is 223 g/mol. The molecule has 0 bridgehead atoms. The van der Waals surface area contributed by atoms with E-state index in [1.165, 1.54) is 58.3 Å². The summed E-state index contributed by atoms with van der Waals surface area (Å²) < 4.78 is 0. The summed E-state index contributed by atoms with van der Waals surface area (Å²) in [6.45, 7) is 5.96. The highest BCUT2D eigenvalue weighted by molar-refractivity contribution is 4.91. The molecule has 0 aromatic heterocycles. The molecule has 3 aliphatic rings. The van der Waals surface area contributed by atoms with Crippen molar-refractivity contribution in [2.45, 2.75) is 44.2 Å². The summed E-state index contributed by atoms with van der Waals surface area (Å²) in [4.78, 5) is 5.35. The van der Waals surface area contributed by atoms with E-state index in [0.29, 0.717) is 6.04 Å². The molecule has 0 radical (unpaired) electrons. The molecule has 0 amide bonds. The van der Waals surface area contributed by atoms with E-state index in [-0.39, 0.29) is 0 Å². The number of rotatable bonds is 4. The minimum absolute atomic E-state index is 0.690. The van der Waals surface area contributed by atoms with E-state index in [1.54, 1.807) is 0 Å². The smallest absolute Gasteiger partial charge is 0.0247 e. The predicted octanol–water partition coefficient (Wildman–Crippen LogP) is 0.894. The maximum Gasteiger partial charge on any atom is 0.0247 e. The van der Waals surface area contributed by atoms with Crippen LogP contribution in [0.3, 0.4) is 0 Å². The number of nitrogens with two attached hydrogens (primary N) is 1. The monoisotopic (exact) mass is 223 g/mol. The lowest BCUT2D eigenvalue weighted by atomic mass is 9.79. The van der Waals surface area contributed by atoms with Crippen molar-refractivity contribution >= 4 is 0 Å². The van der Waals surface area contributed by atoms with Gasteiger partial charge in [0.05, 0.1) is 0 Å². The number of hydrogen-bond acceptors (Lipinski definition) is 3. The zero-order valence-electron chi connectivity index (χ0n) is 10.3. The van der Waals surface area contributed by atoms with Gasteiger partial charge in [-0.1, -0.05) is 6.42 Å². The third-order valence-corrected chi connectivity index (χ3v) is 4.82. The summed E-state index contributed by atoms with van der Waals surface area (Å²) >= 11 is 0. The molecule has 3 heteroatoms. The molecule has 3 rings (SSSR count). The summed E-state index contributed by atoms with van der Waals surface area (Å²) in [5.41, 5.74) is 5.97. The summed E-state index contributed by atoms with van der Waals surface area (Å²) in [6, 6.07) is 1.64. The Bertz CT molecular complexity index is 227. The normalized spacial score (nSPS) is 31.3. The Morgan fingerprint density at radius 2 is 1.69 bits per heavy atom. The van der Waals surface area contributed by atoms with Crippen LogP contribution in [0.1, 0.15) is 32.1 Å². The van der Waals surface area contributed by atoms with Crippen LogP contribution in [-0.2, 0) is 0 Å². The first-order chi connectivity index (χ1) is 7.88. The third-order valence-electron chi connectivity index (χ3n) is 4.82. The Kier molecular flexibility index (Phi) is 3.18. The summed E-state index contributed by atoms with van der Waals surface area (Å²) in [7, 11) is 0.